The molecule has 0 aliphatic heterocycles. The minimum atomic E-state index is -0.0803. The molecule has 0 radical (unpaired) electrons. The number of nitrogens with one attached hydrogen (secondary N) is 1. The van der Waals surface area contributed by atoms with Gasteiger partial charge in [0.2, 0.25) is 0 Å². The van der Waals surface area contributed by atoms with Crippen LogP contribution in [0.15, 0.2) is 16.9 Å². The second kappa shape index (κ2) is 5.32. The Bertz CT molecular complexity index is 587. The van der Waals surface area contributed by atoms with Crippen molar-refractivity contribution >= 4 is 5.65 Å². The van der Waals surface area contributed by atoms with Gasteiger partial charge in [0.15, 0.2) is 5.65 Å². The number of nitrogens with zero attached hydrogens (tertiary/aromatic N) is 3. The van der Waals surface area contributed by atoms with E-state index in [0.717, 1.165) is 17.9 Å². The molecule has 0 fully saturated rings. The molecule has 0 aliphatic rings. The van der Waals surface area contributed by atoms with E-state index in [4.69, 9.17) is 4.74 Å². The normalized spacial score (nSPS) is 11.6. The minimum absolute atomic E-state index is 0.0803. The first-order valence-corrected chi connectivity index (χ1v) is 5.86. The van der Waals surface area contributed by atoms with E-state index in [1.54, 1.807) is 13.2 Å². The van der Waals surface area contributed by atoms with Crippen LogP contribution in [0.5, 0.6) is 0 Å². The van der Waals surface area contributed by atoms with Gasteiger partial charge in [-0.3, -0.25) is 14.8 Å². The number of aromatic nitrogens is 3. The molecule has 18 heavy (non-hydrogen) atoms. The van der Waals surface area contributed by atoms with Gasteiger partial charge in [-0.05, 0) is 14.0 Å². The third-order valence-electron chi connectivity index (χ3n) is 2.74. The number of aromatic amines is 1. The minimum Gasteiger partial charge on any atom is -0.383 e. The third kappa shape index (κ3) is 2.77. The van der Waals surface area contributed by atoms with Crippen molar-refractivity contribution in [2.75, 3.05) is 27.3 Å². The van der Waals surface area contributed by atoms with Gasteiger partial charge in [-0.1, -0.05) is 0 Å². The average Bonchev–Trinajstić information content (AvgIpc) is 2.67. The SMILES string of the molecule is COCCN(C)Cc1cc(=O)n2[nH]c(C)cc2n1. The van der Waals surface area contributed by atoms with E-state index >= 15 is 0 Å². The van der Waals surface area contributed by atoms with Crippen LogP contribution >= 0.6 is 0 Å². The maximum Gasteiger partial charge on any atom is 0.272 e. The lowest BCUT2D eigenvalue weighted by Gasteiger charge is -2.15. The lowest BCUT2D eigenvalue weighted by Crippen LogP contribution is -2.24. The van der Waals surface area contributed by atoms with Crippen molar-refractivity contribution in [1.29, 1.82) is 0 Å². The Morgan fingerprint density at radius 2 is 2.28 bits per heavy atom. The van der Waals surface area contributed by atoms with Crippen LogP contribution in [0.3, 0.4) is 0 Å². The molecule has 0 spiro atoms. The van der Waals surface area contributed by atoms with Crippen molar-refractivity contribution in [1.82, 2.24) is 19.5 Å². The average molecular weight is 250 g/mol. The summed E-state index contributed by atoms with van der Waals surface area (Å²) in [6.07, 6.45) is 0. The van der Waals surface area contributed by atoms with Gasteiger partial charge in [0, 0.05) is 38.0 Å². The van der Waals surface area contributed by atoms with Gasteiger partial charge in [0.25, 0.3) is 5.56 Å². The fraction of sp³-hybridized carbons (Fsp3) is 0.500. The van der Waals surface area contributed by atoms with Gasteiger partial charge >= 0.3 is 0 Å². The van der Waals surface area contributed by atoms with Gasteiger partial charge in [0.05, 0.1) is 12.3 Å². The van der Waals surface area contributed by atoms with Gasteiger partial charge < -0.3 is 4.74 Å². The fourth-order valence-corrected chi connectivity index (χ4v) is 1.84. The van der Waals surface area contributed by atoms with Crippen LogP contribution < -0.4 is 5.56 Å². The summed E-state index contributed by atoms with van der Waals surface area (Å²) in [6, 6.07) is 3.42. The largest absolute Gasteiger partial charge is 0.383 e. The maximum absolute atomic E-state index is 11.9. The number of methoxy groups -OCH3 is 1. The molecule has 0 amide bonds. The molecule has 6 heteroatoms. The monoisotopic (exact) mass is 250 g/mol. The first kappa shape index (κ1) is 12.8. The van der Waals surface area contributed by atoms with Crippen molar-refractivity contribution in [2.24, 2.45) is 0 Å². The molecule has 2 aromatic heterocycles. The molecule has 0 saturated carbocycles. The molecular formula is C12H18N4O2. The number of aryl methyl sites for hydroxylation is 1. The number of H-pyrrole nitrogens is 1. The number of hydrogen-bond donors (Lipinski definition) is 1. The van der Waals surface area contributed by atoms with E-state index in [9.17, 15) is 4.79 Å². The van der Waals surface area contributed by atoms with Crippen molar-refractivity contribution in [3.63, 3.8) is 0 Å². The van der Waals surface area contributed by atoms with Gasteiger partial charge in [-0.15, -0.1) is 0 Å². The predicted octanol–water partition coefficient (Wildman–Crippen LogP) is 0.409. The van der Waals surface area contributed by atoms with E-state index in [2.05, 4.69) is 15.0 Å². The van der Waals surface area contributed by atoms with Crippen molar-refractivity contribution in [2.45, 2.75) is 13.5 Å². The highest BCUT2D eigenvalue weighted by Gasteiger charge is 2.06. The first-order chi connectivity index (χ1) is 8.60. The molecule has 6 nitrogen and oxygen atoms in total. The van der Waals surface area contributed by atoms with E-state index in [0.29, 0.717) is 18.8 Å². The molecule has 2 heterocycles. The highest BCUT2D eigenvalue weighted by atomic mass is 16.5. The molecule has 2 rings (SSSR count). The quantitative estimate of drug-likeness (QED) is 0.835. The second-order valence-corrected chi connectivity index (χ2v) is 4.45. The number of rotatable bonds is 5. The number of ether oxygens (including phenoxy) is 1. The Kier molecular flexibility index (Phi) is 3.78. The van der Waals surface area contributed by atoms with Crippen LogP contribution in [0.2, 0.25) is 0 Å². The summed E-state index contributed by atoms with van der Waals surface area (Å²) in [5.74, 6) is 0. The summed E-state index contributed by atoms with van der Waals surface area (Å²) < 4.78 is 6.47. The van der Waals surface area contributed by atoms with Crippen LogP contribution in [0.25, 0.3) is 5.65 Å². The van der Waals surface area contributed by atoms with E-state index in [-0.39, 0.29) is 5.56 Å². The Morgan fingerprint density at radius 1 is 1.50 bits per heavy atom. The van der Waals surface area contributed by atoms with E-state index in [1.807, 2.05) is 20.0 Å². The van der Waals surface area contributed by atoms with E-state index in [1.165, 1.54) is 4.52 Å². The first-order valence-electron chi connectivity index (χ1n) is 5.86. The second-order valence-electron chi connectivity index (χ2n) is 4.45. The fourth-order valence-electron chi connectivity index (χ4n) is 1.84. The van der Waals surface area contributed by atoms with E-state index < -0.39 is 0 Å². The zero-order chi connectivity index (χ0) is 13.1. The van der Waals surface area contributed by atoms with Crippen molar-refractivity contribution in [3.05, 3.63) is 33.9 Å². The number of hydrogen-bond acceptors (Lipinski definition) is 4. The number of fused-ring (bicyclic) bond motifs is 1. The maximum atomic E-state index is 11.9. The zero-order valence-corrected chi connectivity index (χ0v) is 10.9. The molecule has 0 aliphatic carbocycles. The molecule has 0 saturated heterocycles. The summed E-state index contributed by atoms with van der Waals surface area (Å²) in [4.78, 5) is 18.4. The highest BCUT2D eigenvalue weighted by Crippen LogP contribution is 2.03. The molecule has 1 N–H and O–H groups in total. The summed E-state index contributed by atoms with van der Waals surface area (Å²) in [5, 5.41) is 2.95. The smallest absolute Gasteiger partial charge is 0.272 e. The molecule has 0 aromatic carbocycles. The Balaban J connectivity index is 2.21. The lowest BCUT2D eigenvalue weighted by molar-refractivity contribution is 0.158. The van der Waals surface area contributed by atoms with Crippen molar-refractivity contribution < 1.29 is 4.74 Å². The Labute approximate surface area is 105 Å². The summed E-state index contributed by atoms with van der Waals surface area (Å²) in [6.45, 7) is 4.02. The Hall–Kier alpha value is -1.66. The van der Waals surface area contributed by atoms with Gasteiger partial charge in [-0.25, -0.2) is 9.50 Å². The lowest BCUT2D eigenvalue weighted by atomic mass is 10.3. The standard InChI is InChI=1S/C12H18N4O2/c1-9-6-11-13-10(7-12(17)16(11)14-9)8-15(2)4-5-18-3/h6-7,14H,4-5,8H2,1-3H3. The van der Waals surface area contributed by atoms with Crippen molar-refractivity contribution in [3.8, 4) is 0 Å². The molecule has 98 valence electrons. The highest BCUT2D eigenvalue weighted by molar-refractivity contribution is 5.39. The molecular weight excluding hydrogens is 232 g/mol. The molecule has 0 unspecified atom stereocenters. The number of likely N-dealkylation sites (N-methyl/N-ethyl adjacent to an activating group) is 1. The zero-order valence-electron chi connectivity index (χ0n) is 10.9. The summed E-state index contributed by atoms with van der Waals surface area (Å²) >= 11 is 0. The van der Waals surface area contributed by atoms with Crippen LogP contribution in [-0.2, 0) is 11.3 Å². The van der Waals surface area contributed by atoms with Crippen LogP contribution in [-0.4, -0.2) is 46.8 Å². The summed E-state index contributed by atoms with van der Waals surface area (Å²) in [5.41, 5.74) is 2.28. The molecule has 0 atom stereocenters. The topological polar surface area (TPSA) is 62.6 Å². The van der Waals surface area contributed by atoms with Crippen LogP contribution in [0.1, 0.15) is 11.4 Å². The summed E-state index contributed by atoms with van der Waals surface area (Å²) in [7, 11) is 3.65. The van der Waals surface area contributed by atoms with Gasteiger partial charge in [-0.2, -0.15) is 0 Å². The Morgan fingerprint density at radius 3 is 3.00 bits per heavy atom. The third-order valence-corrected chi connectivity index (χ3v) is 2.74. The van der Waals surface area contributed by atoms with Gasteiger partial charge in [0.1, 0.15) is 0 Å². The molecule has 0 bridgehead atoms. The van der Waals surface area contributed by atoms with Crippen LogP contribution in [0.4, 0.5) is 0 Å². The predicted molar refractivity (Wildman–Crippen MR) is 68.8 cm³/mol. The van der Waals surface area contributed by atoms with Crippen LogP contribution in [0, 0.1) is 6.92 Å². The molecule has 2 aromatic rings.